The third-order valence-corrected chi connectivity index (χ3v) is 3.20. The molecule has 2 N–H and O–H groups in total. The van der Waals surface area contributed by atoms with Crippen LogP contribution in [0.5, 0.6) is 5.75 Å². The molecule has 1 heterocycles. The number of benzene rings is 1. The van der Waals surface area contributed by atoms with E-state index in [-0.39, 0.29) is 6.04 Å². The lowest BCUT2D eigenvalue weighted by atomic mass is 10.1. The van der Waals surface area contributed by atoms with Crippen molar-refractivity contribution in [3.8, 4) is 5.75 Å². The van der Waals surface area contributed by atoms with Crippen molar-refractivity contribution in [2.24, 2.45) is 11.7 Å². The van der Waals surface area contributed by atoms with Gasteiger partial charge in [-0.05, 0) is 31.5 Å². The first-order valence-corrected chi connectivity index (χ1v) is 6.30. The van der Waals surface area contributed by atoms with E-state index in [0.717, 1.165) is 30.9 Å². The van der Waals surface area contributed by atoms with Crippen LogP contribution in [0.25, 0.3) is 0 Å². The van der Waals surface area contributed by atoms with Crippen molar-refractivity contribution in [1.82, 2.24) is 0 Å². The summed E-state index contributed by atoms with van der Waals surface area (Å²) in [4.78, 5) is 0. The Bertz CT molecular complexity index is 376. The molecule has 4 heteroatoms. The van der Waals surface area contributed by atoms with Gasteiger partial charge < -0.3 is 15.2 Å². The van der Waals surface area contributed by atoms with Crippen LogP contribution in [0.3, 0.4) is 0 Å². The topological polar surface area (TPSA) is 44.5 Å². The van der Waals surface area contributed by atoms with Crippen LogP contribution in [0.1, 0.15) is 24.9 Å². The smallest absolute Gasteiger partial charge is 0.124 e. The minimum Gasteiger partial charge on any atom is -0.493 e. The van der Waals surface area contributed by atoms with Gasteiger partial charge in [0.2, 0.25) is 0 Å². The van der Waals surface area contributed by atoms with Crippen molar-refractivity contribution in [1.29, 1.82) is 0 Å². The zero-order valence-electron chi connectivity index (χ0n) is 9.99. The fourth-order valence-electron chi connectivity index (χ4n) is 1.93. The molecule has 0 spiro atoms. The summed E-state index contributed by atoms with van der Waals surface area (Å²) >= 11 is 5.96. The maximum Gasteiger partial charge on any atom is 0.124 e. The Balaban J connectivity index is 2.03. The lowest BCUT2D eigenvalue weighted by Crippen LogP contribution is -2.14. The minimum absolute atomic E-state index is 0.0801. The van der Waals surface area contributed by atoms with E-state index in [0.29, 0.717) is 17.5 Å². The first kappa shape index (κ1) is 12.7. The van der Waals surface area contributed by atoms with E-state index in [1.807, 2.05) is 25.1 Å². The minimum atomic E-state index is -0.0801. The average Bonchev–Trinajstić information content (AvgIpc) is 2.80. The van der Waals surface area contributed by atoms with Crippen LogP contribution < -0.4 is 10.5 Å². The molecule has 1 fully saturated rings. The SMILES string of the molecule is CC(N)c1cc(Cl)ccc1OCC1CCOC1. The van der Waals surface area contributed by atoms with Crippen LogP contribution in [0.4, 0.5) is 0 Å². The number of ether oxygens (including phenoxy) is 2. The summed E-state index contributed by atoms with van der Waals surface area (Å²) in [5.74, 6) is 1.32. The molecule has 2 atom stereocenters. The highest BCUT2D eigenvalue weighted by Gasteiger charge is 2.17. The van der Waals surface area contributed by atoms with E-state index in [4.69, 9.17) is 26.8 Å². The fraction of sp³-hybridized carbons (Fsp3) is 0.538. The zero-order chi connectivity index (χ0) is 12.3. The molecule has 1 saturated heterocycles. The molecule has 17 heavy (non-hydrogen) atoms. The van der Waals surface area contributed by atoms with E-state index in [1.165, 1.54) is 0 Å². The van der Waals surface area contributed by atoms with E-state index in [9.17, 15) is 0 Å². The number of halogens is 1. The summed E-state index contributed by atoms with van der Waals surface area (Å²) in [6.45, 7) is 4.24. The predicted molar refractivity (Wildman–Crippen MR) is 68.5 cm³/mol. The molecule has 2 unspecified atom stereocenters. The monoisotopic (exact) mass is 255 g/mol. The highest BCUT2D eigenvalue weighted by molar-refractivity contribution is 6.30. The fourth-order valence-corrected chi connectivity index (χ4v) is 2.11. The molecule has 1 aliphatic rings. The second-order valence-corrected chi connectivity index (χ2v) is 4.95. The second kappa shape index (κ2) is 5.71. The highest BCUT2D eigenvalue weighted by Crippen LogP contribution is 2.28. The van der Waals surface area contributed by atoms with E-state index < -0.39 is 0 Å². The van der Waals surface area contributed by atoms with Gasteiger partial charge in [-0.25, -0.2) is 0 Å². The Kier molecular flexibility index (Phi) is 4.26. The summed E-state index contributed by atoms with van der Waals surface area (Å²) in [5, 5.41) is 0.689. The molecule has 0 saturated carbocycles. The van der Waals surface area contributed by atoms with Gasteiger partial charge in [0.15, 0.2) is 0 Å². The van der Waals surface area contributed by atoms with E-state index >= 15 is 0 Å². The quantitative estimate of drug-likeness (QED) is 0.900. The Labute approximate surface area is 107 Å². The van der Waals surface area contributed by atoms with Crippen LogP contribution >= 0.6 is 11.6 Å². The Morgan fingerprint density at radius 2 is 2.41 bits per heavy atom. The van der Waals surface area contributed by atoms with Gasteiger partial charge in [-0.15, -0.1) is 0 Å². The lowest BCUT2D eigenvalue weighted by Gasteiger charge is -2.16. The predicted octanol–water partition coefficient (Wildman–Crippen LogP) is 2.78. The van der Waals surface area contributed by atoms with Crippen molar-refractivity contribution in [2.75, 3.05) is 19.8 Å². The Morgan fingerprint density at radius 3 is 3.06 bits per heavy atom. The van der Waals surface area contributed by atoms with E-state index in [2.05, 4.69) is 0 Å². The van der Waals surface area contributed by atoms with Crippen molar-refractivity contribution in [2.45, 2.75) is 19.4 Å². The molecular weight excluding hydrogens is 238 g/mol. The molecule has 94 valence electrons. The molecule has 0 amide bonds. The van der Waals surface area contributed by atoms with Crippen LogP contribution in [-0.2, 0) is 4.74 Å². The third-order valence-electron chi connectivity index (χ3n) is 2.96. The molecule has 1 aliphatic heterocycles. The first-order chi connectivity index (χ1) is 8.16. The van der Waals surface area contributed by atoms with Crippen molar-refractivity contribution >= 4 is 11.6 Å². The summed E-state index contributed by atoms with van der Waals surface area (Å²) < 4.78 is 11.1. The number of hydrogen-bond donors (Lipinski definition) is 1. The van der Waals surface area contributed by atoms with Gasteiger partial charge in [-0.2, -0.15) is 0 Å². The molecule has 3 nitrogen and oxygen atoms in total. The molecular formula is C13H18ClNO2. The largest absolute Gasteiger partial charge is 0.493 e. The van der Waals surface area contributed by atoms with Gasteiger partial charge in [0, 0.05) is 29.2 Å². The number of hydrogen-bond acceptors (Lipinski definition) is 3. The second-order valence-electron chi connectivity index (χ2n) is 4.51. The molecule has 1 aromatic rings. The normalized spacial score (nSPS) is 21.5. The van der Waals surface area contributed by atoms with Gasteiger partial charge in [0.1, 0.15) is 5.75 Å². The lowest BCUT2D eigenvalue weighted by molar-refractivity contribution is 0.166. The molecule has 0 radical (unpaired) electrons. The van der Waals surface area contributed by atoms with Crippen molar-refractivity contribution < 1.29 is 9.47 Å². The number of nitrogens with two attached hydrogens (primary N) is 1. The molecule has 0 aliphatic carbocycles. The summed E-state index contributed by atoms with van der Waals surface area (Å²) in [5.41, 5.74) is 6.86. The summed E-state index contributed by atoms with van der Waals surface area (Å²) in [6, 6.07) is 5.50. The molecule has 2 rings (SSSR count). The standard InChI is InChI=1S/C13H18ClNO2/c1-9(15)12-6-11(14)2-3-13(12)17-8-10-4-5-16-7-10/h2-3,6,9-10H,4-5,7-8,15H2,1H3. The van der Waals surface area contributed by atoms with Gasteiger partial charge in [-0.3, -0.25) is 0 Å². The Morgan fingerprint density at radius 1 is 1.59 bits per heavy atom. The van der Waals surface area contributed by atoms with Crippen LogP contribution in [0, 0.1) is 5.92 Å². The summed E-state index contributed by atoms with van der Waals surface area (Å²) in [7, 11) is 0. The van der Waals surface area contributed by atoms with Crippen LogP contribution in [0.2, 0.25) is 5.02 Å². The summed E-state index contributed by atoms with van der Waals surface area (Å²) in [6.07, 6.45) is 1.07. The highest BCUT2D eigenvalue weighted by atomic mass is 35.5. The maximum atomic E-state index is 5.96. The molecule has 0 aromatic heterocycles. The maximum absolute atomic E-state index is 5.96. The van der Waals surface area contributed by atoms with Crippen molar-refractivity contribution in [3.63, 3.8) is 0 Å². The van der Waals surface area contributed by atoms with Gasteiger partial charge in [0.05, 0.1) is 13.2 Å². The van der Waals surface area contributed by atoms with Crippen molar-refractivity contribution in [3.05, 3.63) is 28.8 Å². The van der Waals surface area contributed by atoms with Gasteiger partial charge in [-0.1, -0.05) is 11.6 Å². The van der Waals surface area contributed by atoms with Gasteiger partial charge >= 0.3 is 0 Å². The average molecular weight is 256 g/mol. The third kappa shape index (κ3) is 3.35. The molecule has 0 bridgehead atoms. The van der Waals surface area contributed by atoms with Crippen LogP contribution in [-0.4, -0.2) is 19.8 Å². The van der Waals surface area contributed by atoms with E-state index in [1.54, 1.807) is 0 Å². The Hall–Kier alpha value is -0.770. The van der Waals surface area contributed by atoms with Crippen LogP contribution in [0.15, 0.2) is 18.2 Å². The first-order valence-electron chi connectivity index (χ1n) is 5.92. The zero-order valence-corrected chi connectivity index (χ0v) is 10.7. The van der Waals surface area contributed by atoms with Gasteiger partial charge in [0.25, 0.3) is 0 Å². The number of rotatable bonds is 4. The molecule has 1 aromatic carbocycles.